The Hall–Kier alpha value is -3.15. The van der Waals surface area contributed by atoms with Gasteiger partial charge in [-0.15, -0.1) is 0 Å². The number of rotatable bonds is 6. The minimum absolute atomic E-state index is 0.140. The van der Waals surface area contributed by atoms with Crippen molar-refractivity contribution in [1.29, 1.82) is 0 Å². The van der Waals surface area contributed by atoms with Gasteiger partial charge in [0.05, 0.1) is 12.9 Å². The van der Waals surface area contributed by atoms with E-state index in [0.29, 0.717) is 12.1 Å². The van der Waals surface area contributed by atoms with E-state index in [9.17, 15) is 9.59 Å². The molecule has 1 saturated carbocycles. The van der Waals surface area contributed by atoms with E-state index in [1.165, 1.54) is 6.42 Å². The predicted octanol–water partition coefficient (Wildman–Crippen LogP) is 3.28. The highest BCUT2D eigenvalue weighted by Crippen LogP contribution is 2.19. The second-order valence-electron chi connectivity index (χ2n) is 7.66. The van der Waals surface area contributed by atoms with Gasteiger partial charge in [0.1, 0.15) is 6.04 Å². The second-order valence-corrected chi connectivity index (χ2v) is 7.66. The van der Waals surface area contributed by atoms with Crippen LogP contribution in [0.15, 0.2) is 61.2 Å². The number of amides is 2. The van der Waals surface area contributed by atoms with E-state index in [-0.39, 0.29) is 17.9 Å². The van der Waals surface area contributed by atoms with Gasteiger partial charge < -0.3 is 15.2 Å². The summed E-state index contributed by atoms with van der Waals surface area (Å²) in [5.41, 5.74) is 0.573. The van der Waals surface area contributed by atoms with Crippen LogP contribution in [0.2, 0.25) is 0 Å². The van der Waals surface area contributed by atoms with Gasteiger partial charge in [0.2, 0.25) is 5.91 Å². The number of hydrogen-bond acceptors (Lipinski definition) is 3. The molecule has 1 aliphatic rings. The lowest BCUT2D eigenvalue weighted by atomic mass is 9.95. The van der Waals surface area contributed by atoms with Gasteiger partial charge in [-0.1, -0.05) is 55.7 Å². The first-order valence-corrected chi connectivity index (χ1v) is 10.3. The maximum atomic E-state index is 13.1. The molecule has 6 heteroatoms. The van der Waals surface area contributed by atoms with Crippen molar-refractivity contribution in [1.82, 2.24) is 20.2 Å². The van der Waals surface area contributed by atoms with Crippen molar-refractivity contribution in [3.63, 3.8) is 0 Å². The molecular formula is C23H26N4O2. The van der Waals surface area contributed by atoms with Crippen LogP contribution in [0.25, 0.3) is 10.8 Å². The van der Waals surface area contributed by atoms with E-state index in [1.807, 2.05) is 41.0 Å². The first-order chi connectivity index (χ1) is 14.2. The van der Waals surface area contributed by atoms with Gasteiger partial charge >= 0.3 is 0 Å². The van der Waals surface area contributed by atoms with Crippen LogP contribution in [0, 0.1) is 0 Å². The minimum Gasteiger partial charge on any atom is -0.352 e. The fraction of sp³-hybridized carbons (Fsp3) is 0.348. The summed E-state index contributed by atoms with van der Waals surface area (Å²) in [6, 6.07) is 12.9. The summed E-state index contributed by atoms with van der Waals surface area (Å²) in [5.74, 6) is -0.384. The highest BCUT2D eigenvalue weighted by molar-refractivity contribution is 6.08. The zero-order chi connectivity index (χ0) is 20.1. The SMILES string of the molecule is O=C(NC(Cn1ccnc1)C(=O)NC1CCCCC1)c1cccc2ccccc12. The van der Waals surface area contributed by atoms with E-state index in [4.69, 9.17) is 0 Å². The fourth-order valence-corrected chi connectivity index (χ4v) is 4.01. The first kappa shape index (κ1) is 19.2. The molecule has 1 aromatic heterocycles. The summed E-state index contributed by atoms with van der Waals surface area (Å²) in [7, 11) is 0. The molecule has 1 heterocycles. The average molecular weight is 390 g/mol. The molecule has 0 saturated heterocycles. The molecule has 6 nitrogen and oxygen atoms in total. The Labute approximate surface area is 170 Å². The zero-order valence-electron chi connectivity index (χ0n) is 16.4. The first-order valence-electron chi connectivity index (χ1n) is 10.3. The third-order valence-electron chi connectivity index (χ3n) is 5.56. The molecule has 150 valence electrons. The smallest absolute Gasteiger partial charge is 0.252 e. The van der Waals surface area contributed by atoms with Crippen molar-refractivity contribution in [2.45, 2.75) is 50.7 Å². The van der Waals surface area contributed by atoms with E-state index >= 15 is 0 Å². The standard InChI is InChI=1S/C23H26N4O2/c28-22(20-12-6-8-17-7-4-5-11-19(17)20)26-21(15-27-14-13-24-16-27)23(29)25-18-9-2-1-3-10-18/h4-8,11-14,16,18,21H,1-3,9-10,15H2,(H,25,29)(H,26,28). The van der Waals surface area contributed by atoms with Crippen molar-refractivity contribution in [2.75, 3.05) is 0 Å². The molecule has 0 spiro atoms. The Morgan fingerprint density at radius 3 is 2.66 bits per heavy atom. The number of imidazole rings is 1. The number of carbonyl (C=O) groups excluding carboxylic acids is 2. The van der Waals surface area contributed by atoms with Gasteiger partial charge in [-0.3, -0.25) is 9.59 Å². The summed E-state index contributed by atoms with van der Waals surface area (Å²) in [5, 5.41) is 7.97. The molecule has 1 fully saturated rings. The summed E-state index contributed by atoms with van der Waals surface area (Å²) >= 11 is 0. The Morgan fingerprint density at radius 2 is 1.86 bits per heavy atom. The number of aromatic nitrogens is 2. The maximum Gasteiger partial charge on any atom is 0.252 e. The van der Waals surface area contributed by atoms with E-state index in [0.717, 1.165) is 36.5 Å². The van der Waals surface area contributed by atoms with Crippen LogP contribution in [0.3, 0.4) is 0 Å². The summed E-state index contributed by atoms with van der Waals surface area (Å²) in [4.78, 5) is 30.1. The van der Waals surface area contributed by atoms with Crippen molar-refractivity contribution in [3.8, 4) is 0 Å². The number of carbonyl (C=O) groups is 2. The van der Waals surface area contributed by atoms with Gasteiger partial charge in [0.25, 0.3) is 5.91 Å². The molecule has 1 aliphatic carbocycles. The molecule has 29 heavy (non-hydrogen) atoms. The molecular weight excluding hydrogens is 364 g/mol. The summed E-state index contributed by atoms with van der Waals surface area (Å²) < 4.78 is 1.81. The van der Waals surface area contributed by atoms with Gasteiger partial charge in [0.15, 0.2) is 0 Å². The van der Waals surface area contributed by atoms with Gasteiger partial charge in [-0.05, 0) is 29.7 Å². The highest BCUT2D eigenvalue weighted by Gasteiger charge is 2.25. The number of nitrogens with one attached hydrogen (secondary N) is 2. The molecule has 1 atom stereocenters. The summed E-state index contributed by atoms with van der Waals surface area (Å²) in [6.45, 7) is 0.342. The Kier molecular flexibility index (Phi) is 5.89. The molecule has 2 aromatic carbocycles. The van der Waals surface area contributed by atoms with E-state index in [2.05, 4.69) is 15.6 Å². The largest absolute Gasteiger partial charge is 0.352 e. The normalized spacial score (nSPS) is 15.7. The van der Waals surface area contributed by atoms with Gasteiger partial charge in [0, 0.05) is 24.0 Å². The van der Waals surface area contributed by atoms with Crippen molar-refractivity contribution < 1.29 is 9.59 Å². The molecule has 2 N–H and O–H groups in total. The Balaban J connectivity index is 1.53. The molecule has 0 bridgehead atoms. The van der Waals surface area contributed by atoms with Crippen LogP contribution in [-0.4, -0.2) is 33.4 Å². The molecule has 0 aliphatic heterocycles. The van der Waals surface area contributed by atoms with Crippen LogP contribution in [0.4, 0.5) is 0 Å². The molecule has 0 radical (unpaired) electrons. The minimum atomic E-state index is -0.669. The number of hydrogen-bond donors (Lipinski definition) is 2. The average Bonchev–Trinajstić information content (AvgIpc) is 3.26. The van der Waals surface area contributed by atoms with Crippen molar-refractivity contribution >= 4 is 22.6 Å². The third kappa shape index (κ3) is 4.65. The lowest BCUT2D eigenvalue weighted by Crippen LogP contribution is -2.51. The van der Waals surface area contributed by atoms with Gasteiger partial charge in [-0.25, -0.2) is 4.98 Å². The van der Waals surface area contributed by atoms with Crippen molar-refractivity contribution in [2.24, 2.45) is 0 Å². The molecule has 1 unspecified atom stereocenters. The molecule has 4 rings (SSSR count). The monoisotopic (exact) mass is 390 g/mol. The van der Waals surface area contributed by atoms with Crippen LogP contribution in [-0.2, 0) is 11.3 Å². The fourth-order valence-electron chi connectivity index (χ4n) is 4.01. The topological polar surface area (TPSA) is 76.0 Å². The zero-order valence-corrected chi connectivity index (χ0v) is 16.4. The van der Waals surface area contributed by atoms with Crippen LogP contribution in [0.1, 0.15) is 42.5 Å². The van der Waals surface area contributed by atoms with Crippen LogP contribution in [0.5, 0.6) is 0 Å². The number of nitrogens with zero attached hydrogens (tertiary/aromatic N) is 2. The van der Waals surface area contributed by atoms with E-state index < -0.39 is 6.04 Å². The highest BCUT2D eigenvalue weighted by atomic mass is 16.2. The third-order valence-corrected chi connectivity index (χ3v) is 5.56. The molecule has 3 aromatic rings. The number of benzene rings is 2. The lowest BCUT2D eigenvalue weighted by Gasteiger charge is -2.26. The quantitative estimate of drug-likeness (QED) is 0.678. The summed E-state index contributed by atoms with van der Waals surface area (Å²) in [6.07, 6.45) is 10.6. The Bertz CT molecular complexity index is 972. The van der Waals surface area contributed by atoms with Crippen LogP contribution < -0.4 is 10.6 Å². The predicted molar refractivity (Wildman–Crippen MR) is 112 cm³/mol. The lowest BCUT2D eigenvalue weighted by molar-refractivity contribution is -0.124. The molecule has 2 amide bonds. The number of fused-ring (bicyclic) bond motifs is 1. The van der Waals surface area contributed by atoms with Crippen LogP contribution >= 0.6 is 0 Å². The maximum absolute atomic E-state index is 13.1. The van der Waals surface area contributed by atoms with Crippen molar-refractivity contribution in [3.05, 3.63) is 66.7 Å². The Morgan fingerprint density at radius 1 is 1.07 bits per heavy atom. The van der Waals surface area contributed by atoms with Gasteiger partial charge in [-0.2, -0.15) is 0 Å². The second kappa shape index (κ2) is 8.90. The van der Waals surface area contributed by atoms with E-state index in [1.54, 1.807) is 24.8 Å².